The summed E-state index contributed by atoms with van der Waals surface area (Å²) in [6.07, 6.45) is 0. The number of carbonyl (C=O) groups is 1. The number of sulfone groups is 1. The van der Waals surface area contributed by atoms with Gasteiger partial charge in [0.25, 0.3) is 0 Å². The van der Waals surface area contributed by atoms with Crippen molar-refractivity contribution >= 4 is 48.8 Å². The van der Waals surface area contributed by atoms with Gasteiger partial charge in [0.15, 0.2) is 5.78 Å². The van der Waals surface area contributed by atoms with Crippen LogP contribution >= 0.6 is 22.9 Å². The van der Waals surface area contributed by atoms with Crippen molar-refractivity contribution in [3.05, 3.63) is 58.6 Å². The number of Topliss-reactive ketones (excluding diaryl/α,β-unsaturated/α-hetero) is 1. The van der Waals surface area contributed by atoms with Crippen LogP contribution in [0.5, 0.6) is 0 Å². The van der Waals surface area contributed by atoms with Gasteiger partial charge in [-0.25, -0.2) is 13.4 Å². The van der Waals surface area contributed by atoms with Crippen LogP contribution in [0.1, 0.15) is 15.9 Å². The number of carbonyl (C=O) groups excluding carboxylic acids is 1. The highest BCUT2D eigenvalue weighted by Gasteiger charge is 2.24. The van der Waals surface area contributed by atoms with Gasteiger partial charge in [0.1, 0.15) is 5.75 Å². The molecule has 0 atom stereocenters. The predicted octanol–water partition coefficient (Wildman–Crippen LogP) is 3.91. The summed E-state index contributed by atoms with van der Waals surface area (Å²) in [5, 5.41) is 0.488. The molecular weight excluding hydrogens is 354 g/mol. The number of halogens is 1. The van der Waals surface area contributed by atoms with Crippen LogP contribution in [0.2, 0.25) is 5.02 Å². The second kappa shape index (κ2) is 6.03. The second-order valence-corrected chi connectivity index (χ2v) is 8.77. The number of benzene rings is 2. The number of nitrogens with zero attached hydrogens (tertiary/aromatic N) is 1. The normalized spacial score (nSPS) is 11.7. The average molecular weight is 366 g/mol. The van der Waals surface area contributed by atoms with Crippen molar-refractivity contribution in [1.29, 1.82) is 0 Å². The van der Waals surface area contributed by atoms with Crippen LogP contribution in [0.4, 0.5) is 0 Å². The van der Waals surface area contributed by atoms with Crippen LogP contribution in [0.25, 0.3) is 10.2 Å². The summed E-state index contributed by atoms with van der Waals surface area (Å²) < 4.78 is 25.5. The van der Waals surface area contributed by atoms with E-state index in [1.807, 2.05) is 6.92 Å². The van der Waals surface area contributed by atoms with Gasteiger partial charge in [-0.15, -0.1) is 11.3 Å². The van der Waals surface area contributed by atoms with Gasteiger partial charge in [0.05, 0.1) is 10.2 Å². The minimum atomic E-state index is -3.78. The number of aryl methyl sites for hydroxylation is 1. The number of ketones is 1. The van der Waals surface area contributed by atoms with E-state index in [2.05, 4.69) is 4.98 Å². The third kappa shape index (κ3) is 3.44. The maximum absolute atomic E-state index is 12.4. The van der Waals surface area contributed by atoms with Crippen LogP contribution in [-0.4, -0.2) is 24.9 Å². The van der Waals surface area contributed by atoms with Crippen LogP contribution in [-0.2, 0) is 9.84 Å². The van der Waals surface area contributed by atoms with E-state index in [0.717, 1.165) is 21.6 Å². The molecule has 0 unspecified atom stereocenters. The van der Waals surface area contributed by atoms with E-state index in [-0.39, 0.29) is 4.34 Å². The maximum Gasteiger partial charge on any atom is 0.212 e. The Kier molecular flexibility index (Phi) is 4.23. The molecule has 0 saturated carbocycles. The topological polar surface area (TPSA) is 64.1 Å². The quantitative estimate of drug-likeness (QED) is 0.657. The van der Waals surface area contributed by atoms with E-state index in [4.69, 9.17) is 11.6 Å². The number of aromatic nitrogens is 1. The molecule has 0 saturated heterocycles. The molecule has 7 heteroatoms. The molecule has 0 radical (unpaired) electrons. The van der Waals surface area contributed by atoms with Gasteiger partial charge in [-0.1, -0.05) is 41.4 Å². The Balaban J connectivity index is 1.90. The molecule has 1 heterocycles. The lowest BCUT2D eigenvalue weighted by Crippen LogP contribution is -2.16. The Bertz CT molecular complexity index is 992. The predicted molar refractivity (Wildman–Crippen MR) is 92.2 cm³/mol. The number of fused-ring (bicyclic) bond motifs is 1. The molecule has 3 aromatic rings. The first kappa shape index (κ1) is 16.1. The molecule has 0 N–H and O–H groups in total. The number of thiazole rings is 1. The molecule has 2 aromatic carbocycles. The standard InChI is InChI=1S/C16H12ClNO3S2/c1-10-2-4-11(5-3-10)14(19)9-23(20,21)16-18-13-8-12(17)6-7-15(13)22-16/h2-8H,9H2,1H3. The van der Waals surface area contributed by atoms with Crippen molar-refractivity contribution in [3.8, 4) is 0 Å². The van der Waals surface area contributed by atoms with Crippen molar-refractivity contribution in [2.24, 2.45) is 0 Å². The van der Waals surface area contributed by atoms with E-state index in [0.29, 0.717) is 16.1 Å². The molecule has 0 aliphatic carbocycles. The summed E-state index contributed by atoms with van der Waals surface area (Å²) >= 11 is 6.92. The van der Waals surface area contributed by atoms with Crippen LogP contribution in [0.15, 0.2) is 46.8 Å². The first-order valence-corrected chi connectivity index (χ1v) is 9.58. The minimum Gasteiger partial charge on any atom is -0.293 e. The fraction of sp³-hybridized carbons (Fsp3) is 0.125. The molecule has 118 valence electrons. The fourth-order valence-electron chi connectivity index (χ4n) is 2.07. The summed E-state index contributed by atoms with van der Waals surface area (Å²) in [5.74, 6) is -1.04. The number of hydrogen-bond acceptors (Lipinski definition) is 5. The van der Waals surface area contributed by atoms with Gasteiger partial charge in [-0.2, -0.15) is 0 Å². The third-order valence-electron chi connectivity index (χ3n) is 3.29. The van der Waals surface area contributed by atoms with Gasteiger partial charge in [-0.05, 0) is 25.1 Å². The molecule has 0 spiro atoms. The van der Waals surface area contributed by atoms with Crippen molar-refractivity contribution in [1.82, 2.24) is 4.98 Å². The van der Waals surface area contributed by atoms with Crippen LogP contribution < -0.4 is 0 Å². The summed E-state index contributed by atoms with van der Waals surface area (Å²) in [7, 11) is -3.78. The van der Waals surface area contributed by atoms with Gasteiger partial charge >= 0.3 is 0 Å². The number of rotatable bonds is 4. The molecule has 0 bridgehead atoms. The SMILES string of the molecule is Cc1ccc(C(=O)CS(=O)(=O)c2nc3cc(Cl)ccc3s2)cc1. The maximum atomic E-state index is 12.4. The van der Waals surface area contributed by atoms with Gasteiger partial charge in [-0.3, -0.25) is 4.79 Å². The highest BCUT2D eigenvalue weighted by atomic mass is 35.5. The summed E-state index contributed by atoms with van der Waals surface area (Å²) in [5.41, 5.74) is 1.90. The van der Waals surface area contributed by atoms with Crippen molar-refractivity contribution in [3.63, 3.8) is 0 Å². The molecule has 0 amide bonds. The zero-order valence-electron chi connectivity index (χ0n) is 12.1. The minimum absolute atomic E-state index is 0.0600. The summed E-state index contributed by atoms with van der Waals surface area (Å²) in [4.78, 5) is 16.3. The molecular formula is C16H12ClNO3S2. The molecule has 1 aromatic heterocycles. The summed E-state index contributed by atoms with van der Waals surface area (Å²) in [6, 6.07) is 11.8. The van der Waals surface area contributed by atoms with Crippen molar-refractivity contribution in [2.75, 3.05) is 5.75 Å². The molecule has 4 nitrogen and oxygen atoms in total. The van der Waals surface area contributed by atoms with E-state index >= 15 is 0 Å². The Labute approximate surface area is 142 Å². The zero-order chi connectivity index (χ0) is 16.6. The highest BCUT2D eigenvalue weighted by Crippen LogP contribution is 2.28. The smallest absolute Gasteiger partial charge is 0.212 e. The lowest BCUT2D eigenvalue weighted by atomic mass is 10.1. The Morgan fingerprint density at radius 3 is 2.57 bits per heavy atom. The lowest BCUT2D eigenvalue weighted by Gasteiger charge is -2.01. The molecule has 0 fully saturated rings. The molecule has 23 heavy (non-hydrogen) atoms. The van der Waals surface area contributed by atoms with Gasteiger partial charge in [0, 0.05) is 10.6 Å². The number of hydrogen-bond donors (Lipinski definition) is 0. The van der Waals surface area contributed by atoms with Gasteiger partial charge < -0.3 is 0 Å². The van der Waals surface area contributed by atoms with Crippen molar-refractivity contribution in [2.45, 2.75) is 11.3 Å². The van der Waals surface area contributed by atoms with E-state index in [1.54, 1.807) is 42.5 Å². The lowest BCUT2D eigenvalue weighted by molar-refractivity contribution is 0.102. The van der Waals surface area contributed by atoms with E-state index in [9.17, 15) is 13.2 Å². The first-order chi connectivity index (χ1) is 10.8. The Morgan fingerprint density at radius 2 is 1.87 bits per heavy atom. The fourth-order valence-corrected chi connectivity index (χ4v) is 4.74. The van der Waals surface area contributed by atoms with Crippen LogP contribution in [0, 0.1) is 6.92 Å². The zero-order valence-corrected chi connectivity index (χ0v) is 14.5. The Morgan fingerprint density at radius 1 is 1.17 bits per heavy atom. The molecule has 0 aliphatic heterocycles. The Hall–Kier alpha value is -1.76. The molecule has 0 aliphatic rings. The van der Waals surface area contributed by atoms with Gasteiger partial charge in [0.2, 0.25) is 14.2 Å². The van der Waals surface area contributed by atoms with Crippen LogP contribution in [0.3, 0.4) is 0 Å². The van der Waals surface area contributed by atoms with E-state index < -0.39 is 21.4 Å². The highest BCUT2D eigenvalue weighted by molar-refractivity contribution is 7.94. The summed E-state index contributed by atoms with van der Waals surface area (Å²) in [6.45, 7) is 1.90. The largest absolute Gasteiger partial charge is 0.293 e. The molecule has 3 rings (SSSR count). The second-order valence-electron chi connectivity index (χ2n) is 5.14. The first-order valence-electron chi connectivity index (χ1n) is 6.74. The third-order valence-corrected chi connectivity index (χ3v) is 6.63. The van der Waals surface area contributed by atoms with E-state index in [1.165, 1.54) is 0 Å². The monoisotopic (exact) mass is 365 g/mol. The van der Waals surface area contributed by atoms with Crippen molar-refractivity contribution < 1.29 is 13.2 Å². The average Bonchev–Trinajstić information content (AvgIpc) is 2.91.